The first-order valence-electron chi connectivity index (χ1n) is 8.71. The summed E-state index contributed by atoms with van der Waals surface area (Å²) in [6.07, 6.45) is 0.636. The van der Waals surface area contributed by atoms with Crippen LogP contribution in [0.3, 0.4) is 0 Å². The summed E-state index contributed by atoms with van der Waals surface area (Å²) in [5.41, 5.74) is 0.899. The Morgan fingerprint density at radius 2 is 2.04 bits per heavy atom. The Labute approximate surface area is 143 Å². The van der Waals surface area contributed by atoms with Crippen LogP contribution in [0.5, 0.6) is 0 Å². The first-order valence-corrected chi connectivity index (χ1v) is 8.71. The normalized spacial score (nSPS) is 16.9. The van der Waals surface area contributed by atoms with Gasteiger partial charge in [-0.1, -0.05) is 13.8 Å². The lowest BCUT2D eigenvalue weighted by Gasteiger charge is -2.35. The highest BCUT2D eigenvalue weighted by Crippen LogP contribution is 2.22. The molecule has 1 aliphatic heterocycles. The maximum Gasteiger partial charge on any atom is 0.251 e. The largest absolute Gasteiger partial charge is 0.396 e. The van der Waals surface area contributed by atoms with Gasteiger partial charge in [0.15, 0.2) is 0 Å². The molecule has 1 atom stereocenters. The zero-order chi connectivity index (χ0) is 17.5. The fourth-order valence-corrected chi connectivity index (χ4v) is 2.90. The number of benzene rings is 1. The number of carbonyl (C=O) groups excluding carboxylic acids is 1. The molecule has 1 aliphatic rings. The molecule has 6 heteroatoms. The van der Waals surface area contributed by atoms with E-state index in [-0.39, 0.29) is 24.2 Å². The van der Waals surface area contributed by atoms with E-state index in [1.807, 2.05) is 11.8 Å². The molecule has 1 aromatic rings. The highest BCUT2D eigenvalue weighted by atomic mass is 19.1. The average molecular weight is 337 g/mol. The number of rotatable bonds is 7. The van der Waals surface area contributed by atoms with E-state index >= 15 is 0 Å². The van der Waals surface area contributed by atoms with Crippen LogP contribution < -0.4 is 10.2 Å². The van der Waals surface area contributed by atoms with Crippen molar-refractivity contribution in [1.29, 1.82) is 0 Å². The Hall–Kier alpha value is -1.66. The second-order valence-corrected chi connectivity index (χ2v) is 6.41. The van der Waals surface area contributed by atoms with Crippen LogP contribution in [0.1, 0.15) is 30.6 Å². The molecular weight excluding hydrogens is 309 g/mol. The number of halogens is 1. The van der Waals surface area contributed by atoms with Gasteiger partial charge in [0, 0.05) is 44.9 Å². The summed E-state index contributed by atoms with van der Waals surface area (Å²) in [4.78, 5) is 16.5. The molecule has 24 heavy (non-hydrogen) atoms. The van der Waals surface area contributed by atoms with Crippen LogP contribution in [0.4, 0.5) is 10.1 Å². The fourth-order valence-electron chi connectivity index (χ4n) is 2.90. The first kappa shape index (κ1) is 18.7. The van der Waals surface area contributed by atoms with Gasteiger partial charge >= 0.3 is 0 Å². The Kier molecular flexibility index (Phi) is 6.99. The lowest BCUT2D eigenvalue weighted by Crippen LogP contribution is -2.46. The SMILES string of the molecule is CCN1CCN(c2ccc(C(=O)NCC(C)CCO)cc2F)CC1. The van der Waals surface area contributed by atoms with Gasteiger partial charge in [0.25, 0.3) is 5.91 Å². The van der Waals surface area contributed by atoms with Gasteiger partial charge in [0.1, 0.15) is 5.82 Å². The highest BCUT2D eigenvalue weighted by molar-refractivity contribution is 5.94. The molecule has 0 aliphatic carbocycles. The summed E-state index contributed by atoms with van der Waals surface area (Å²) in [6.45, 7) is 9.14. The molecule has 0 bridgehead atoms. The van der Waals surface area contributed by atoms with Gasteiger partial charge in [-0.25, -0.2) is 4.39 Å². The Bertz CT molecular complexity index is 545. The van der Waals surface area contributed by atoms with Gasteiger partial charge in [0.05, 0.1) is 5.69 Å². The molecule has 1 heterocycles. The van der Waals surface area contributed by atoms with Gasteiger partial charge in [-0.2, -0.15) is 0 Å². The number of carbonyl (C=O) groups is 1. The number of amides is 1. The maximum atomic E-state index is 14.4. The Morgan fingerprint density at radius 3 is 2.62 bits per heavy atom. The van der Waals surface area contributed by atoms with Crippen molar-refractivity contribution in [3.05, 3.63) is 29.6 Å². The molecule has 134 valence electrons. The topological polar surface area (TPSA) is 55.8 Å². The smallest absolute Gasteiger partial charge is 0.251 e. The van der Waals surface area contributed by atoms with E-state index in [2.05, 4.69) is 17.1 Å². The number of hydrogen-bond acceptors (Lipinski definition) is 4. The second kappa shape index (κ2) is 8.99. The standard InChI is InChI=1S/C18H28FN3O2/c1-3-21-7-9-22(10-8-21)17-5-4-15(12-16(17)19)18(24)20-13-14(2)6-11-23/h4-5,12,14,23H,3,6-11,13H2,1-2H3,(H,20,24). The zero-order valence-corrected chi connectivity index (χ0v) is 14.6. The van der Waals surface area contributed by atoms with Gasteiger partial charge in [0.2, 0.25) is 0 Å². The predicted octanol–water partition coefficient (Wildman–Crippen LogP) is 1.72. The minimum atomic E-state index is -0.351. The molecule has 1 aromatic carbocycles. The number of likely N-dealkylation sites (N-methyl/N-ethyl adjacent to an activating group) is 1. The molecule has 1 unspecified atom stereocenters. The van der Waals surface area contributed by atoms with Crippen molar-refractivity contribution >= 4 is 11.6 Å². The maximum absolute atomic E-state index is 14.4. The summed E-state index contributed by atoms with van der Waals surface area (Å²) in [5.74, 6) is -0.435. The van der Waals surface area contributed by atoms with Crippen molar-refractivity contribution in [2.45, 2.75) is 20.3 Å². The number of nitrogens with one attached hydrogen (secondary N) is 1. The van der Waals surface area contributed by atoms with Crippen molar-refractivity contribution in [1.82, 2.24) is 10.2 Å². The number of piperazine rings is 1. The average Bonchev–Trinajstić information content (AvgIpc) is 2.60. The minimum absolute atomic E-state index is 0.103. The van der Waals surface area contributed by atoms with Crippen LogP contribution in [0.2, 0.25) is 0 Å². The summed E-state index contributed by atoms with van der Waals surface area (Å²) < 4.78 is 14.4. The number of aliphatic hydroxyl groups is 1. The fraction of sp³-hybridized carbons (Fsp3) is 0.611. The van der Waals surface area contributed by atoms with Crippen molar-refractivity contribution in [3.63, 3.8) is 0 Å². The minimum Gasteiger partial charge on any atom is -0.396 e. The summed E-state index contributed by atoms with van der Waals surface area (Å²) in [5, 5.41) is 11.7. The lowest BCUT2D eigenvalue weighted by atomic mass is 10.1. The van der Waals surface area contributed by atoms with Gasteiger partial charge in [-0.15, -0.1) is 0 Å². The molecule has 1 saturated heterocycles. The lowest BCUT2D eigenvalue weighted by molar-refractivity contribution is 0.0945. The zero-order valence-electron chi connectivity index (χ0n) is 14.6. The summed E-state index contributed by atoms with van der Waals surface area (Å²) in [7, 11) is 0. The summed E-state index contributed by atoms with van der Waals surface area (Å²) in [6, 6.07) is 4.69. The van der Waals surface area contributed by atoms with Crippen molar-refractivity contribution in [2.75, 3.05) is 50.8 Å². The van der Waals surface area contributed by atoms with Crippen LogP contribution in [0.25, 0.3) is 0 Å². The third-order valence-corrected chi connectivity index (χ3v) is 4.60. The van der Waals surface area contributed by atoms with E-state index in [0.717, 1.165) is 32.7 Å². The number of aliphatic hydroxyl groups excluding tert-OH is 1. The van der Waals surface area contributed by atoms with Gasteiger partial charge in [-0.05, 0) is 37.1 Å². The second-order valence-electron chi connectivity index (χ2n) is 6.41. The molecule has 0 aromatic heterocycles. The van der Waals surface area contributed by atoms with Crippen LogP contribution in [-0.2, 0) is 0 Å². The predicted molar refractivity (Wildman–Crippen MR) is 93.9 cm³/mol. The van der Waals surface area contributed by atoms with Gasteiger partial charge in [-0.3, -0.25) is 4.79 Å². The molecule has 2 N–H and O–H groups in total. The van der Waals surface area contributed by atoms with Crippen LogP contribution >= 0.6 is 0 Å². The quantitative estimate of drug-likeness (QED) is 0.795. The van der Waals surface area contributed by atoms with Crippen molar-refractivity contribution < 1.29 is 14.3 Å². The van der Waals surface area contributed by atoms with E-state index in [1.54, 1.807) is 12.1 Å². The molecule has 0 saturated carbocycles. The van der Waals surface area contributed by atoms with Crippen molar-refractivity contribution in [3.8, 4) is 0 Å². The van der Waals surface area contributed by atoms with Crippen LogP contribution in [0.15, 0.2) is 18.2 Å². The molecule has 5 nitrogen and oxygen atoms in total. The molecule has 1 fully saturated rings. The first-order chi connectivity index (χ1) is 11.5. The highest BCUT2D eigenvalue weighted by Gasteiger charge is 2.19. The number of anilines is 1. The molecule has 2 rings (SSSR count). The third kappa shape index (κ3) is 4.92. The molecular formula is C18H28FN3O2. The third-order valence-electron chi connectivity index (χ3n) is 4.60. The van der Waals surface area contributed by atoms with E-state index in [9.17, 15) is 9.18 Å². The van der Waals surface area contributed by atoms with E-state index in [0.29, 0.717) is 24.2 Å². The van der Waals surface area contributed by atoms with Gasteiger partial charge < -0.3 is 20.2 Å². The van der Waals surface area contributed by atoms with Crippen LogP contribution in [0, 0.1) is 11.7 Å². The Morgan fingerprint density at radius 1 is 1.33 bits per heavy atom. The van der Waals surface area contributed by atoms with Crippen LogP contribution in [-0.4, -0.2) is 61.8 Å². The van der Waals surface area contributed by atoms with E-state index in [4.69, 9.17) is 5.11 Å². The molecule has 0 radical (unpaired) electrons. The number of hydrogen-bond donors (Lipinski definition) is 2. The van der Waals surface area contributed by atoms with Crippen molar-refractivity contribution in [2.24, 2.45) is 5.92 Å². The monoisotopic (exact) mass is 337 g/mol. The number of nitrogens with zero attached hydrogens (tertiary/aromatic N) is 2. The Balaban J connectivity index is 1.95. The molecule has 0 spiro atoms. The van der Waals surface area contributed by atoms with E-state index in [1.165, 1.54) is 6.07 Å². The molecule has 1 amide bonds. The summed E-state index contributed by atoms with van der Waals surface area (Å²) >= 11 is 0. The van der Waals surface area contributed by atoms with E-state index < -0.39 is 0 Å².